The summed E-state index contributed by atoms with van der Waals surface area (Å²) in [5.74, 6) is 1.42. The molecule has 0 amide bonds. The molecule has 2 nitrogen and oxygen atoms in total. The first kappa shape index (κ1) is 12.0. The highest BCUT2D eigenvalue weighted by molar-refractivity contribution is 4.72. The minimum Gasteiger partial charge on any atom is -0.377 e. The van der Waals surface area contributed by atoms with Gasteiger partial charge in [-0.05, 0) is 37.5 Å². The Morgan fingerprint density at radius 2 is 1.79 bits per heavy atom. The van der Waals surface area contributed by atoms with E-state index < -0.39 is 0 Å². The molecule has 0 aromatic rings. The van der Waals surface area contributed by atoms with Crippen LogP contribution in [0, 0.1) is 11.8 Å². The minimum atomic E-state index is 0.203. The van der Waals surface area contributed by atoms with E-state index in [0.29, 0.717) is 12.0 Å². The van der Waals surface area contributed by atoms with Crippen molar-refractivity contribution in [3.63, 3.8) is 0 Å². The van der Waals surface area contributed by atoms with Crippen LogP contribution in [0.3, 0.4) is 0 Å². The number of rotatable bonds is 4. The van der Waals surface area contributed by atoms with Crippen molar-refractivity contribution < 1.29 is 4.74 Å². The van der Waals surface area contributed by atoms with Crippen molar-refractivity contribution in [2.75, 3.05) is 6.61 Å². The Morgan fingerprint density at radius 3 is 2.29 bits per heavy atom. The van der Waals surface area contributed by atoms with Gasteiger partial charge in [0.1, 0.15) is 0 Å². The molecule has 0 saturated heterocycles. The molecule has 1 unspecified atom stereocenters. The standard InChI is InChI=1S/C12H25NO/c1-9(2)12(13)8-14-11-6-4-10(3)5-7-11/h9-12H,4-8,13H2,1-3H3. The van der Waals surface area contributed by atoms with E-state index in [-0.39, 0.29) is 6.04 Å². The lowest BCUT2D eigenvalue weighted by molar-refractivity contribution is 0.00773. The maximum atomic E-state index is 5.94. The van der Waals surface area contributed by atoms with Crippen LogP contribution in [0.5, 0.6) is 0 Å². The molecule has 1 aliphatic carbocycles. The Labute approximate surface area is 88.2 Å². The summed E-state index contributed by atoms with van der Waals surface area (Å²) in [7, 11) is 0. The second kappa shape index (κ2) is 5.72. The van der Waals surface area contributed by atoms with E-state index >= 15 is 0 Å². The van der Waals surface area contributed by atoms with Crippen LogP contribution in [0.2, 0.25) is 0 Å². The fourth-order valence-corrected chi connectivity index (χ4v) is 1.84. The third kappa shape index (κ3) is 3.97. The third-order valence-corrected chi connectivity index (χ3v) is 3.34. The van der Waals surface area contributed by atoms with Crippen LogP contribution >= 0.6 is 0 Å². The summed E-state index contributed by atoms with van der Waals surface area (Å²) >= 11 is 0. The smallest absolute Gasteiger partial charge is 0.0623 e. The number of hydrogen-bond acceptors (Lipinski definition) is 2. The predicted molar refractivity (Wildman–Crippen MR) is 60.2 cm³/mol. The Bertz CT molecular complexity index is 150. The van der Waals surface area contributed by atoms with Crippen LogP contribution in [0.25, 0.3) is 0 Å². The molecule has 0 heterocycles. The number of hydrogen-bond donors (Lipinski definition) is 1. The normalized spacial score (nSPS) is 30.6. The molecule has 1 atom stereocenters. The lowest BCUT2D eigenvalue weighted by Gasteiger charge is -2.28. The van der Waals surface area contributed by atoms with Crippen molar-refractivity contribution in [1.82, 2.24) is 0 Å². The number of ether oxygens (including phenoxy) is 1. The molecule has 0 aliphatic heterocycles. The first-order valence-electron chi connectivity index (χ1n) is 5.96. The third-order valence-electron chi connectivity index (χ3n) is 3.34. The van der Waals surface area contributed by atoms with E-state index in [1.54, 1.807) is 0 Å². The largest absolute Gasteiger partial charge is 0.377 e. The quantitative estimate of drug-likeness (QED) is 0.755. The van der Waals surface area contributed by atoms with Crippen LogP contribution in [0.1, 0.15) is 46.5 Å². The maximum Gasteiger partial charge on any atom is 0.0623 e. The molecule has 1 aliphatic rings. The first-order chi connectivity index (χ1) is 6.59. The molecule has 1 rings (SSSR count). The Morgan fingerprint density at radius 1 is 1.21 bits per heavy atom. The molecule has 2 heteroatoms. The van der Waals surface area contributed by atoms with Crippen molar-refractivity contribution >= 4 is 0 Å². The van der Waals surface area contributed by atoms with E-state index in [4.69, 9.17) is 10.5 Å². The summed E-state index contributed by atoms with van der Waals surface area (Å²) in [6, 6.07) is 0.203. The highest BCUT2D eigenvalue weighted by atomic mass is 16.5. The van der Waals surface area contributed by atoms with Crippen LogP contribution in [0.4, 0.5) is 0 Å². The predicted octanol–water partition coefficient (Wildman–Crippen LogP) is 2.57. The van der Waals surface area contributed by atoms with Gasteiger partial charge in [-0.3, -0.25) is 0 Å². The topological polar surface area (TPSA) is 35.2 Å². The van der Waals surface area contributed by atoms with Crippen LogP contribution in [0.15, 0.2) is 0 Å². The van der Waals surface area contributed by atoms with E-state index in [1.807, 2.05) is 0 Å². The van der Waals surface area contributed by atoms with Crippen molar-refractivity contribution in [1.29, 1.82) is 0 Å². The summed E-state index contributed by atoms with van der Waals surface area (Å²) in [5, 5.41) is 0. The van der Waals surface area contributed by atoms with Crippen molar-refractivity contribution in [3.8, 4) is 0 Å². The van der Waals surface area contributed by atoms with Gasteiger partial charge in [-0.15, -0.1) is 0 Å². The molecule has 0 spiro atoms. The average molecular weight is 199 g/mol. The number of nitrogens with two attached hydrogens (primary N) is 1. The highest BCUT2D eigenvalue weighted by Gasteiger charge is 2.19. The van der Waals surface area contributed by atoms with Gasteiger partial charge in [0.05, 0.1) is 12.7 Å². The van der Waals surface area contributed by atoms with Crippen molar-refractivity contribution in [2.45, 2.75) is 58.6 Å². The zero-order chi connectivity index (χ0) is 10.6. The molecule has 84 valence electrons. The van der Waals surface area contributed by atoms with Crippen LogP contribution < -0.4 is 5.73 Å². The van der Waals surface area contributed by atoms with E-state index in [0.717, 1.165) is 12.5 Å². The first-order valence-corrected chi connectivity index (χ1v) is 5.96. The molecule has 1 fully saturated rings. The monoisotopic (exact) mass is 199 g/mol. The van der Waals surface area contributed by atoms with Gasteiger partial charge < -0.3 is 10.5 Å². The zero-order valence-corrected chi connectivity index (χ0v) is 9.83. The lowest BCUT2D eigenvalue weighted by Crippen LogP contribution is -2.34. The summed E-state index contributed by atoms with van der Waals surface area (Å²) < 4.78 is 5.83. The average Bonchev–Trinajstić information content (AvgIpc) is 2.16. The Kier molecular flexibility index (Phi) is 4.90. The van der Waals surface area contributed by atoms with E-state index in [1.165, 1.54) is 25.7 Å². The van der Waals surface area contributed by atoms with Gasteiger partial charge in [-0.2, -0.15) is 0 Å². The lowest BCUT2D eigenvalue weighted by atomic mass is 9.89. The van der Waals surface area contributed by atoms with Crippen molar-refractivity contribution in [3.05, 3.63) is 0 Å². The van der Waals surface area contributed by atoms with Gasteiger partial charge in [-0.25, -0.2) is 0 Å². The maximum absolute atomic E-state index is 5.94. The molecule has 1 saturated carbocycles. The Balaban J connectivity index is 2.13. The van der Waals surface area contributed by atoms with Gasteiger partial charge >= 0.3 is 0 Å². The molecule has 0 aromatic carbocycles. The van der Waals surface area contributed by atoms with Gasteiger partial charge in [0.2, 0.25) is 0 Å². The van der Waals surface area contributed by atoms with Crippen molar-refractivity contribution in [2.24, 2.45) is 17.6 Å². The van der Waals surface area contributed by atoms with E-state index in [2.05, 4.69) is 20.8 Å². The van der Waals surface area contributed by atoms with E-state index in [9.17, 15) is 0 Å². The Hall–Kier alpha value is -0.0800. The molecule has 0 aromatic heterocycles. The van der Waals surface area contributed by atoms with Gasteiger partial charge in [0.25, 0.3) is 0 Å². The SMILES string of the molecule is CC1CCC(OCC(N)C(C)C)CC1. The summed E-state index contributed by atoms with van der Waals surface area (Å²) in [5.41, 5.74) is 5.94. The fourth-order valence-electron chi connectivity index (χ4n) is 1.84. The van der Waals surface area contributed by atoms with Gasteiger partial charge in [0.15, 0.2) is 0 Å². The molecular weight excluding hydrogens is 174 g/mol. The van der Waals surface area contributed by atoms with Crippen LogP contribution in [-0.2, 0) is 4.74 Å². The second-order valence-corrected chi connectivity index (χ2v) is 5.12. The molecule has 14 heavy (non-hydrogen) atoms. The summed E-state index contributed by atoms with van der Waals surface area (Å²) in [6.07, 6.45) is 5.58. The van der Waals surface area contributed by atoms with Gasteiger partial charge in [0, 0.05) is 6.04 Å². The molecule has 0 bridgehead atoms. The second-order valence-electron chi connectivity index (χ2n) is 5.12. The molecule has 0 radical (unpaired) electrons. The van der Waals surface area contributed by atoms with Crippen LogP contribution in [-0.4, -0.2) is 18.8 Å². The summed E-state index contributed by atoms with van der Waals surface area (Å²) in [4.78, 5) is 0. The van der Waals surface area contributed by atoms with Gasteiger partial charge in [-0.1, -0.05) is 20.8 Å². The molecule has 2 N–H and O–H groups in total. The zero-order valence-electron chi connectivity index (χ0n) is 9.83. The molecular formula is C12H25NO. The summed E-state index contributed by atoms with van der Waals surface area (Å²) in [6.45, 7) is 7.36. The fraction of sp³-hybridized carbons (Fsp3) is 1.00. The minimum absolute atomic E-state index is 0.203. The highest BCUT2D eigenvalue weighted by Crippen LogP contribution is 2.25.